The molecule has 1 aliphatic heterocycles. The number of phenolic OH excluding ortho intramolecular Hbond substituents is 1. The van der Waals surface area contributed by atoms with Gasteiger partial charge in [-0.3, -0.25) is 25.0 Å². The number of aromatic hydroxyl groups is 1. The summed E-state index contributed by atoms with van der Waals surface area (Å²) < 4.78 is 5.71. The van der Waals surface area contributed by atoms with Gasteiger partial charge in [0.1, 0.15) is 11.5 Å². The van der Waals surface area contributed by atoms with Crippen molar-refractivity contribution >= 4 is 11.5 Å². The number of hydrogen-bond donors (Lipinski definition) is 1. The van der Waals surface area contributed by atoms with Gasteiger partial charge in [0.15, 0.2) is 5.75 Å². The number of phenols is 1. The van der Waals surface area contributed by atoms with E-state index in [0.29, 0.717) is 16.7 Å². The van der Waals surface area contributed by atoms with E-state index in [0.717, 1.165) is 6.07 Å². The Morgan fingerprint density at radius 3 is 2.43 bits per heavy atom. The first-order valence-corrected chi connectivity index (χ1v) is 8.23. The van der Waals surface area contributed by atoms with Crippen molar-refractivity contribution < 1.29 is 24.5 Å². The molecule has 4 rings (SSSR count). The van der Waals surface area contributed by atoms with Crippen LogP contribution in [0.15, 0.2) is 65.6 Å². The predicted octanol–water partition coefficient (Wildman–Crippen LogP) is 3.21. The molecule has 9 nitrogen and oxygen atoms in total. The molecule has 1 heterocycles. The molecule has 2 aromatic rings. The number of nitro benzene ring substituents is 1. The van der Waals surface area contributed by atoms with Crippen molar-refractivity contribution in [2.45, 2.75) is 12.3 Å². The summed E-state index contributed by atoms with van der Waals surface area (Å²) in [5.41, 5.74) is 0.429. The Kier molecular flexibility index (Phi) is 3.92. The molecule has 0 aromatic heterocycles. The number of ether oxygens (including phenoxy) is 1. The predicted molar refractivity (Wildman–Crippen MR) is 95.4 cm³/mol. The van der Waals surface area contributed by atoms with Crippen LogP contribution in [-0.4, -0.2) is 20.7 Å². The molecular formula is C19H12N2O7. The summed E-state index contributed by atoms with van der Waals surface area (Å²) in [4.78, 5) is 33.1. The monoisotopic (exact) mass is 380 g/mol. The Labute approximate surface area is 157 Å². The van der Waals surface area contributed by atoms with Crippen molar-refractivity contribution in [3.05, 3.63) is 96.9 Å². The second-order valence-corrected chi connectivity index (χ2v) is 6.35. The second-order valence-electron chi connectivity index (χ2n) is 6.35. The van der Waals surface area contributed by atoms with Gasteiger partial charge in [-0.2, -0.15) is 0 Å². The number of carbonyl (C=O) groups is 1. The number of Topliss-reactive ketones (excluding diaryl/α,β-unsaturated/α-hetero) is 1. The molecule has 140 valence electrons. The maximum absolute atomic E-state index is 12.1. The fourth-order valence-electron chi connectivity index (χ4n) is 3.48. The van der Waals surface area contributed by atoms with Gasteiger partial charge in [0.2, 0.25) is 5.78 Å². The lowest BCUT2D eigenvalue weighted by molar-refractivity contribution is -0.419. The third-order valence-corrected chi connectivity index (χ3v) is 4.71. The number of nitrogens with zero attached hydrogens (tertiary/aromatic N) is 2. The molecule has 1 unspecified atom stereocenters. The largest absolute Gasteiger partial charge is 0.502 e. The van der Waals surface area contributed by atoms with Crippen LogP contribution in [0.25, 0.3) is 0 Å². The van der Waals surface area contributed by atoms with Crippen LogP contribution in [0.1, 0.15) is 23.5 Å². The van der Waals surface area contributed by atoms with Crippen LogP contribution < -0.4 is 4.74 Å². The Morgan fingerprint density at radius 1 is 1.07 bits per heavy atom. The third kappa shape index (κ3) is 2.69. The van der Waals surface area contributed by atoms with Gasteiger partial charge in [0.05, 0.1) is 16.3 Å². The summed E-state index contributed by atoms with van der Waals surface area (Å²) in [6.07, 6.45) is 0.864. The topological polar surface area (TPSA) is 133 Å². The van der Waals surface area contributed by atoms with Crippen molar-refractivity contribution in [1.82, 2.24) is 0 Å². The van der Waals surface area contributed by atoms with E-state index in [1.54, 1.807) is 30.3 Å². The molecule has 28 heavy (non-hydrogen) atoms. The van der Waals surface area contributed by atoms with Gasteiger partial charge in [0.25, 0.3) is 0 Å². The SMILES string of the molecule is O=C1CC2=C(C=C1[N+](=O)[O-])C(c1ccccc1)c1cc([N+](=O)[O-])c(O)cc1O2. The molecule has 1 N–H and O–H groups in total. The standard InChI is InChI=1S/C19H12N2O7/c22-15-8-17-11(6-13(15)20(24)25)19(10-4-2-1-3-5-10)12-7-14(21(26)27)16(23)9-18(12)28-17/h1-8,19,22H,9H2. The molecule has 2 aromatic carbocycles. The van der Waals surface area contributed by atoms with E-state index < -0.39 is 38.7 Å². The Balaban J connectivity index is 1.98. The van der Waals surface area contributed by atoms with Crippen LogP contribution in [0.4, 0.5) is 5.69 Å². The number of carbonyl (C=O) groups excluding carboxylic acids is 1. The van der Waals surface area contributed by atoms with E-state index in [1.807, 2.05) is 0 Å². The maximum Gasteiger partial charge on any atom is 0.312 e. The Bertz CT molecular complexity index is 1100. The molecule has 1 atom stereocenters. The van der Waals surface area contributed by atoms with Gasteiger partial charge < -0.3 is 9.84 Å². The van der Waals surface area contributed by atoms with Crippen molar-refractivity contribution in [2.24, 2.45) is 0 Å². The first-order valence-electron chi connectivity index (χ1n) is 8.23. The molecule has 0 saturated carbocycles. The third-order valence-electron chi connectivity index (χ3n) is 4.71. The summed E-state index contributed by atoms with van der Waals surface area (Å²) in [6, 6.07) is 11.2. The van der Waals surface area contributed by atoms with Gasteiger partial charge >= 0.3 is 11.4 Å². The highest BCUT2D eigenvalue weighted by atomic mass is 16.6. The number of allylic oxidation sites excluding steroid dienone is 4. The summed E-state index contributed by atoms with van der Waals surface area (Å²) in [6.45, 7) is 0. The lowest BCUT2D eigenvalue weighted by atomic mass is 9.79. The van der Waals surface area contributed by atoms with Crippen LogP contribution in [-0.2, 0) is 4.79 Å². The van der Waals surface area contributed by atoms with Gasteiger partial charge in [0, 0.05) is 35.3 Å². The normalized spacial score (nSPS) is 17.9. The molecule has 9 heteroatoms. The van der Waals surface area contributed by atoms with Gasteiger partial charge in [-0.15, -0.1) is 0 Å². The zero-order valence-electron chi connectivity index (χ0n) is 14.2. The molecule has 2 aliphatic rings. The first kappa shape index (κ1) is 17.4. The van der Waals surface area contributed by atoms with E-state index in [-0.39, 0.29) is 17.9 Å². The number of hydrogen-bond acceptors (Lipinski definition) is 7. The Hall–Kier alpha value is -4.01. The van der Waals surface area contributed by atoms with Gasteiger partial charge in [-0.1, -0.05) is 30.3 Å². The van der Waals surface area contributed by atoms with E-state index in [4.69, 9.17) is 4.74 Å². The minimum atomic E-state index is -0.747. The molecule has 0 saturated heterocycles. The van der Waals surface area contributed by atoms with E-state index >= 15 is 0 Å². The van der Waals surface area contributed by atoms with E-state index in [9.17, 15) is 30.1 Å². The molecule has 0 radical (unpaired) electrons. The summed E-state index contributed by atoms with van der Waals surface area (Å²) in [7, 11) is 0. The fraction of sp³-hybridized carbons (Fsp3) is 0.105. The average Bonchev–Trinajstić information content (AvgIpc) is 2.65. The van der Waals surface area contributed by atoms with Crippen molar-refractivity contribution in [3.63, 3.8) is 0 Å². The smallest absolute Gasteiger partial charge is 0.312 e. The number of benzene rings is 2. The quantitative estimate of drug-likeness (QED) is 0.638. The molecule has 0 fully saturated rings. The molecule has 1 aliphatic carbocycles. The van der Waals surface area contributed by atoms with Crippen molar-refractivity contribution in [1.29, 1.82) is 0 Å². The Morgan fingerprint density at radius 2 is 1.79 bits per heavy atom. The highest BCUT2D eigenvalue weighted by Gasteiger charge is 2.39. The van der Waals surface area contributed by atoms with E-state index in [1.165, 1.54) is 12.1 Å². The summed E-state index contributed by atoms with van der Waals surface area (Å²) in [5, 5.41) is 32.5. The molecular weight excluding hydrogens is 368 g/mol. The van der Waals surface area contributed by atoms with Crippen LogP contribution in [0.2, 0.25) is 0 Å². The highest BCUT2D eigenvalue weighted by Crippen LogP contribution is 2.49. The minimum absolute atomic E-state index is 0.168. The van der Waals surface area contributed by atoms with Crippen LogP contribution in [0, 0.1) is 20.2 Å². The van der Waals surface area contributed by atoms with Crippen LogP contribution in [0.5, 0.6) is 11.5 Å². The maximum atomic E-state index is 12.1. The molecule has 0 spiro atoms. The van der Waals surface area contributed by atoms with Crippen LogP contribution >= 0.6 is 0 Å². The number of nitro groups is 2. The van der Waals surface area contributed by atoms with Crippen molar-refractivity contribution in [3.8, 4) is 11.5 Å². The molecule has 0 bridgehead atoms. The van der Waals surface area contributed by atoms with E-state index in [2.05, 4.69) is 0 Å². The first-order chi connectivity index (χ1) is 13.4. The zero-order chi connectivity index (χ0) is 20.0. The van der Waals surface area contributed by atoms with Gasteiger partial charge in [-0.25, -0.2) is 0 Å². The number of fused-ring (bicyclic) bond motifs is 1. The lowest BCUT2D eigenvalue weighted by Crippen LogP contribution is -2.25. The fourth-order valence-corrected chi connectivity index (χ4v) is 3.48. The summed E-state index contributed by atoms with van der Waals surface area (Å²) >= 11 is 0. The van der Waals surface area contributed by atoms with Crippen molar-refractivity contribution in [2.75, 3.05) is 0 Å². The lowest BCUT2D eigenvalue weighted by Gasteiger charge is -2.31. The molecule has 0 amide bonds. The highest BCUT2D eigenvalue weighted by molar-refractivity contribution is 5.97. The number of ketones is 1. The minimum Gasteiger partial charge on any atom is -0.502 e. The second kappa shape index (κ2) is 6.31. The average molecular weight is 380 g/mol. The number of rotatable bonds is 3. The van der Waals surface area contributed by atoms with Crippen LogP contribution in [0.3, 0.4) is 0 Å². The summed E-state index contributed by atoms with van der Waals surface area (Å²) in [5.74, 6) is -1.48. The van der Waals surface area contributed by atoms with Gasteiger partial charge in [-0.05, 0) is 5.56 Å². The zero-order valence-corrected chi connectivity index (χ0v) is 14.2.